The summed E-state index contributed by atoms with van der Waals surface area (Å²) in [5.41, 5.74) is 5.69. The predicted molar refractivity (Wildman–Crippen MR) is 120 cm³/mol. The first-order valence-electron chi connectivity index (χ1n) is 9.71. The number of pyridine rings is 2. The molecule has 0 fully saturated rings. The van der Waals surface area contributed by atoms with Gasteiger partial charge in [0.05, 0.1) is 16.9 Å². The third kappa shape index (κ3) is 2.66. The standard InChI is InChI=1S/C26H20N2O/c1-17-14-15-19-11-8-16-27-23(19)24(17)28-25(20-9-4-3-5-10-20)18(2)21-12-6-7-13-22(21)26(28)29/h3-16H,1-2H3. The number of nitrogens with zero attached hydrogens (tertiary/aromatic N) is 2. The molecule has 0 aliphatic carbocycles. The molecule has 0 bridgehead atoms. The SMILES string of the molecule is Cc1ccc2cccnc2c1-n1c(-c2ccccc2)c(C)c2ccccc2c1=O. The van der Waals surface area contributed by atoms with Crippen LogP contribution in [0.2, 0.25) is 0 Å². The molecule has 3 nitrogen and oxygen atoms in total. The van der Waals surface area contributed by atoms with Gasteiger partial charge in [-0.15, -0.1) is 0 Å². The van der Waals surface area contributed by atoms with Crippen LogP contribution in [0.1, 0.15) is 11.1 Å². The Hall–Kier alpha value is -3.72. The number of hydrogen-bond acceptors (Lipinski definition) is 2. The van der Waals surface area contributed by atoms with E-state index in [9.17, 15) is 4.79 Å². The van der Waals surface area contributed by atoms with Crippen molar-refractivity contribution in [2.45, 2.75) is 13.8 Å². The highest BCUT2D eigenvalue weighted by molar-refractivity contribution is 5.94. The van der Waals surface area contributed by atoms with Crippen LogP contribution in [0.3, 0.4) is 0 Å². The molecule has 5 aromatic rings. The Labute approximate surface area is 168 Å². The lowest BCUT2D eigenvalue weighted by Gasteiger charge is -2.21. The van der Waals surface area contributed by atoms with Crippen molar-refractivity contribution in [1.82, 2.24) is 9.55 Å². The maximum absolute atomic E-state index is 13.8. The summed E-state index contributed by atoms with van der Waals surface area (Å²) in [5, 5.41) is 2.72. The van der Waals surface area contributed by atoms with E-state index in [2.05, 4.69) is 36.2 Å². The summed E-state index contributed by atoms with van der Waals surface area (Å²) in [7, 11) is 0. The van der Waals surface area contributed by atoms with Crippen molar-refractivity contribution in [3.05, 3.63) is 107 Å². The number of rotatable bonds is 2. The summed E-state index contributed by atoms with van der Waals surface area (Å²) in [6, 6.07) is 26.0. The van der Waals surface area contributed by atoms with E-state index in [0.717, 1.165) is 49.7 Å². The van der Waals surface area contributed by atoms with Crippen molar-refractivity contribution in [1.29, 1.82) is 0 Å². The molecular weight excluding hydrogens is 356 g/mol. The second kappa shape index (κ2) is 6.71. The van der Waals surface area contributed by atoms with Gasteiger partial charge in [-0.3, -0.25) is 14.3 Å². The molecule has 0 saturated heterocycles. The molecule has 2 heterocycles. The third-order valence-corrected chi connectivity index (χ3v) is 5.56. The average Bonchev–Trinajstić information content (AvgIpc) is 2.77. The molecule has 0 spiro atoms. The van der Waals surface area contributed by atoms with Gasteiger partial charge in [0.25, 0.3) is 5.56 Å². The number of hydrogen-bond donors (Lipinski definition) is 0. The summed E-state index contributed by atoms with van der Waals surface area (Å²) in [5.74, 6) is 0. The van der Waals surface area contributed by atoms with Crippen molar-refractivity contribution in [3.8, 4) is 16.9 Å². The molecule has 0 radical (unpaired) electrons. The molecule has 0 N–H and O–H groups in total. The monoisotopic (exact) mass is 376 g/mol. The Kier molecular flexibility index (Phi) is 4.02. The van der Waals surface area contributed by atoms with Crippen LogP contribution in [0.4, 0.5) is 0 Å². The molecule has 2 aromatic heterocycles. The zero-order chi connectivity index (χ0) is 20.0. The topological polar surface area (TPSA) is 34.9 Å². The molecule has 3 aromatic carbocycles. The van der Waals surface area contributed by atoms with E-state index in [1.54, 1.807) is 6.20 Å². The van der Waals surface area contributed by atoms with Gasteiger partial charge in [0.1, 0.15) is 0 Å². The highest BCUT2D eigenvalue weighted by Gasteiger charge is 2.19. The minimum Gasteiger partial charge on any atom is -0.274 e. The Morgan fingerprint density at radius 2 is 1.48 bits per heavy atom. The fraction of sp³-hybridized carbons (Fsp3) is 0.0769. The number of aromatic nitrogens is 2. The molecule has 29 heavy (non-hydrogen) atoms. The highest BCUT2D eigenvalue weighted by atomic mass is 16.1. The lowest BCUT2D eigenvalue weighted by Crippen LogP contribution is -2.23. The van der Waals surface area contributed by atoms with Crippen LogP contribution in [0.5, 0.6) is 0 Å². The molecule has 0 aliphatic rings. The maximum Gasteiger partial charge on any atom is 0.263 e. The first-order valence-corrected chi connectivity index (χ1v) is 9.71. The molecule has 3 heteroatoms. The summed E-state index contributed by atoms with van der Waals surface area (Å²) in [6.45, 7) is 4.13. The molecule has 5 rings (SSSR count). The van der Waals surface area contributed by atoms with E-state index in [1.807, 2.05) is 66.1 Å². The van der Waals surface area contributed by atoms with Crippen LogP contribution in [0, 0.1) is 13.8 Å². The first-order chi connectivity index (χ1) is 14.2. The maximum atomic E-state index is 13.8. The van der Waals surface area contributed by atoms with Crippen LogP contribution in [0.15, 0.2) is 89.9 Å². The fourth-order valence-electron chi connectivity index (χ4n) is 4.18. The molecule has 0 atom stereocenters. The van der Waals surface area contributed by atoms with Gasteiger partial charge in [-0.1, -0.05) is 66.7 Å². The van der Waals surface area contributed by atoms with Gasteiger partial charge in [-0.25, -0.2) is 0 Å². The largest absolute Gasteiger partial charge is 0.274 e. The highest BCUT2D eigenvalue weighted by Crippen LogP contribution is 2.33. The summed E-state index contributed by atoms with van der Waals surface area (Å²) in [6.07, 6.45) is 1.78. The van der Waals surface area contributed by atoms with Gasteiger partial charge >= 0.3 is 0 Å². The van der Waals surface area contributed by atoms with E-state index >= 15 is 0 Å². The minimum atomic E-state index is -0.0219. The molecule has 0 unspecified atom stereocenters. The van der Waals surface area contributed by atoms with Crippen molar-refractivity contribution in [2.24, 2.45) is 0 Å². The lowest BCUT2D eigenvalue weighted by atomic mass is 9.98. The van der Waals surface area contributed by atoms with E-state index in [4.69, 9.17) is 0 Å². The van der Waals surface area contributed by atoms with Crippen molar-refractivity contribution in [2.75, 3.05) is 0 Å². The van der Waals surface area contributed by atoms with Crippen LogP contribution in [-0.2, 0) is 0 Å². The molecule has 0 saturated carbocycles. The van der Waals surface area contributed by atoms with Crippen molar-refractivity contribution < 1.29 is 0 Å². The van der Waals surface area contributed by atoms with E-state index in [-0.39, 0.29) is 5.56 Å². The molecule has 140 valence electrons. The summed E-state index contributed by atoms with van der Waals surface area (Å²) < 4.78 is 1.86. The minimum absolute atomic E-state index is 0.0219. The van der Waals surface area contributed by atoms with Gasteiger partial charge in [0, 0.05) is 17.0 Å². The second-order valence-corrected chi connectivity index (χ2v) is 7.33. The van der Waals surface area contributed by atoms with Gasteiger partial charge in [-0.05, 0) is 48.1 Å². The molecular formula is C26H20N2O. The quantitative estimate of drug-likeness (QED) is 0.389. The molecule has 0 aliphatic heterocycles. The average molecular weight is 376 g/mol. The van der Waals surface area contributed by atoms with E-state index < -0.39 is 0 Å². The van der Waals surface area contributed by atoms with E-state index in [1.165, 1.54) is 0 Å². The summed E-state index contributed by atoms with van der Waals surface area (Å²) in [4.78, 5) is 18.5. The Morgan fingerprint density at radius 3 is 2.28 bits per heavy atom. The number of fused-ring (bicyclic) bond motifs is 2. The smallest absolute Gasteiger partial charge is 0.263 e. The van der Waals surface area contributed by atoms with E-state index in [0.29, 0.717) is 0 Å². The second-order valence-electron chi connectivity index (χ2n) is 7.33. The zero-order valence-electron chi connectivity index (χ0n) is 16.4. The third-order valence-electron chi connectivity index (χ3n) is 5.56. The summed E-state index contributed by atoms with van der Waals surface area (Å²) >= 11 is 0. The fourth-order valence-corrected chi connectivity index (χ4v) is 4.18. The van der Waals surface area contributed by atoms with Gasteiger partial charge in [0.15, 0.2) is 0 Å². The Balaban J connectivity index is 2.04. The number of aryl methyl sites for hydroxylation is 2. The zero-order valence-corrected chi connectivity index (χ0v) is 16.4. The molecule has 0 amide bonds. The van der Waals surface area contributed by atoms with Crippen molar-refractivity contribution in [3.63, 3.8) is 0 Å². The van der Waals surface area contributed by atoms with Crippen molar-refractivity contribution >= 4 is 21.7 Å². The Bertz CT molecular complexity index is 1430. The van der Waals surface area contributed by atoms with Crippen LogP contribution in [-0.4, -0.2) is 9.55 Å². The predicted octanol–water partition coefficient (Wildman–Crippen LogP) is 5.82. The van der Waals surface area contributed by atoms with Gasteiger partial charge in [0.2, 0.25) is 0 Å². The first kappa shape index (κ1) is 17.4. The van der Waals surface area contributed by atoms with Crippen LogP contribution in [0.25, 0.3) is 38.6 Å². The van der Waals surface area contributed by atoms with Gasteiger partial charge in [-0.2, -0.15) is 0 Å². The van der Waals surface area contributed by atoms with Crippen LogP contribution < -0.4 is 5.56 Å². The normalized spacial score (nSPS) is 11.2. The van der Waals surface area contributed by atoms with Gasteiger partial charge < -0.3 is 0 Å². The Morgan fingerprint density at radius 1 is 0.759 bits per heavy atom. The lowest BCUT2D eigenvalue weighted by molar-refractivity contribution is 0.999. The van der Waals surface area contributed by atoms with Crippen LogP contribution >= 0.6 is 0 Å². The number of benzene rings is 3.